The largest absolute Gasteiger partial charge is 0.394 e. The van der Waals surface area contributed by atoms with Crippen LogP contribution in [-0.2, 0) is 10.0 Å². The molecule has 8 heteroatoms. The average Bonchev–Trinajstić information content (AvgIpc) is 2.60. The van der Waals surface area contributed by atoms with Crippen molar-refractivity contribution in [2.45, 2.75) is 24.3 Å². The van der Waals surface area contributed by atoms with Crippen molar-refractivity contribution in [3.05, 3.63) is 58.6 Å². The summed E-state index contributed by atoms with van der Waals surface area (Å²) in [6.07, 6.45) is 0.618. The number of anilines is 1. The summed E-state index contributed by atoms with van der Waals surface area (Å²) in [5.41, 5.74) is 0.743. The van der Waals surface area contributed by atoms with E-state index in [0.29, 0.717) is 17.7 Å². The summed E-state index contributed by atoms with van der Waals surface area (Å²) in [7, 11) is -3.69. The molecule has 0 aliphatic rings. The van der Waals surface area contributed by atoms with E-state index < -0.39 is 10.0 Å². The second-order valence-corrected chi connectivity index (χ2v) is 8.00. The molecule has 1 atom stereocenters. The normalized spacial score (nSPS) is 12.4. The topological polar surface area (TPSA) is 95.5 Å². The molecule has 0 fully saturated rings. The summed E-state index contributed by atoms with van der Waals surface area (Å²) in [4.78, 5) is 12.2. The van der Waals surface area contributed by atoms with Crippen LogP contribution in [0.5, 0.6) is 0 Å². The molecule has 0 aliphatic heterocycles. The van der Waals surface area contributed by atoms with E-state index in [1.54, 1.807) is 12.1 Å². The Balaban J connectivity index is 2.09. The summed E-state index contributed by atoms with van der Waals surface area (Å²) in [5, 5.41) is 11.8. The Morgan fingerprint density at radius 1 is 1.12 bits per heavy atom. The molecule has 2 rings (SSSR count). The Morgan fingerprint density at radius 3 is 2.24 bits per heavy atom. The predicted molar refractivity (Wildman–Crippen MR) is 100 cm³/mol. The molecule has 0 saturated heterocycles. The average molecular weight is 427 g/mol. The molecule has 1 unspecified atom stereocenters. The minimum absolute atomic E-state index is 0.132. The number of nitrogens with one attached hydrogen (secondary N) is 2. The Morgan fingerprint density at radius 2 is 1.72 bits per heavy atom. The minimum atomic E-state index is -3.69. The fraction of sp³-hybridized carbons (Fsp3) is 0.235. The molecule has 134 valence electrons. The van der Waals surface area contributed by atoms with Gasteiger partial charge in [-0.15, -0.1) is 0 Å². The third-order valence-electron chi connectivity index (χ3n) is 3.57. The second kappa shape index (κ2) is 8.46. The number of benzene rings is 2. The van der Waals surface area contributed by atoms with E-state index in [4.69, 9.17) is 5.11 Å². The van der Waals surface area contributed by atoms with Crippen LogP contribution in [0.2, 0.25) is 0 Å². The van der Waals surface area contributed by atoms with Crippen molar-refractivity contribution in [2.75, 3.05) is 11.3 Å². The van der Waals surface area contributed by atoms with Crippen molar-refractivity contribution < 1.29 is 18.3 Å². The number of amides is 1. The zero-order valence-corrected chi connectivity index (χ0v) is 16.0. The van der Waals surface area contributed by atoms with Crippen molar-refractivity contribution in [1.29, 1.82) is 0 Å². The maximum absolute atomic E-state index is 12.3. The Hall–Kier alpha value is -1.90. The number of hydrogen-bond acceptors (Lipinski definition) is 4. The number of aliphatic hydroxyl groups excluding tert-OH is 1. The third kappa shape index (κ3) is 5.29. The highest BCUT2D eigenvalue weighted by Crippen LogP contribution is 2.19. The molecule has 1 amide bonds. The van der Waals surface area contributed by atoms with Crippen LogP contribution in [0.25, 0.3) is 0 Å². The van der Waals surface area contributed by atoms with E-state index in [0.717, 1.165) is 4.47 Å². The Bertz CT molecular complexity index is 817. The zero-order valence-electron chi connectivity index (χ0n) is 13.6. The van der Waals surface area contributed by atoms with Gasteiger partial charge in [0.1, 0.15) is 0 Å². The van der Waals surface area contributed by atoms with Gasteiger partial charge in [-0.1, -0.05) is 22.9 Å². The fourth-order valence-corrected chi connectivity index (χ4v) is 3.39. The number of aliphatic hydroxyl groups is 1. The summed E-state index contributed by atoms with van der Waals surface area (Å²) in [6, 6.07) is 12.1. The lowest BCUT2D eigenvalue weighted by atomic mass is 10.1. The molecule has 0 spiro atoms. The van der Waals surface area contributed by atoms with E-state index in [2.05, 4.69) is 26.0 Å². The van der Waals surface area contributed by atoms with E-state index in [9.17, 15) is 13.2 Å². The number of carbonyl (C=O) groups excluding carboxylic acids is 1. The quantitative estimate of drug-likeness (QED) is 0.633. The molecule has 2 aromatic rings. The van der Waals surface area contributed by atoms with Crippen LogP contribution in [0.4, 0.5) is 5.69 Å². The first kappa shape index (κ1) is 19.4. The summed E-state index contributed by atoms with van der Waals surface area (Å²) in [5.74, 6) is -0.316. The monoisotopic (exact) mass is 426 g/mol. The first-order chi connectivity index (χ1) is 11.9. The van der Waals surface area contributed by atoms with Gasteiger partial charge in [-0.2, -0.15) is 0 Å². The lowest BCUT2D eigenvalue weighted by Gasteiger charge is -2.14. The third-order valence-corrected chi connectivity index (χ3v) is 5.50. The van der Waals surface area contributed by atoms with Crippen molar-refractivity contribution >= 4 is 37.5 Å². The fourth-order valence-electron chi connectivity index (χ4n) is 2.06. The highest BCUT2D eigenvalue weighted by Gasteiger charge is 2.15. The van der Waals surface area contributed by atoms with Crippen LogP contribution < -0.4 is 10.0 Å². The highest BCUT2D eigenvalue weighted by atomic mass is 79.9. The molecule has 25 heavy (non-hydrogen) atoms. The van der Waals surface area contributed by atoms with Gasteiger partial charge < -0.3 is 10.4 Å². The van der Waals surface area contributed by atoms with E-state index >= 15 is 0 Å². The summed E-state index contributed by atoms with van der Waals surface area (Å²) in [6.45, 7) is 1.73. The van der Waals surface area contributed by atoms with Crippen molar-refractivity contribution in [1.82, 2.24) is 5.32 Å². The van der Waals surface area contributed by atoms with Crippen LogP contribution in [0.15, 0.2) is 57.9 Å². The summed E-state index contributed by atoms with van der Waals surface area (Å²) >= 11 is 3.26. The number of sulfonamides is 1. The van der Waals surface area contributed by atoms with Gasteiger partial charge in [0.15, 0.2) is 0 Å². The molecule has 0 saturated carbocycles. The first-order valence-corrected chi connectivity index (χ1v) is 9.93. The minimum Gasteiger partial charge on any atom is -0.394 e. The number of halogens is 1. The molecule has 0 heterocycles. The lowest BCUT2D eigenvalue weighted by Crippen LogP contribution is -2.36. The van der Waals surface area contributed by atoms with Crippen LogP contribution in [0.1, 0.15) is 23.7 Å². The molecule has 0 bridgehead atoms. The molecule has 2 aromatic carbocycles. The van der Waals surface area contributed by atoms with Crippen molar-refractivity contribution in [3.8, 4) is 0 Å². The predicted octanol–water partition coefficient (Wildman–Crippen LogP) is 2.75. The van der Waals surface area contributed by atoms with E-state index in [1.807, 2.05) is 6.92 Å². The molecule has 0 radical (unpaired) electrons. The summed E-state index contributed by atoms with van der Waals surface area (Å²) < 4.78 is 27.9. The van der Waals surface area contributed by atoms with E-state index in [-0.39, 0.29) is 23.5 Å². The van der Waals surface area contributed by atoms with Gasteiger partial charge in [0, 0.05) is 15.7 Å². The van der Waals surface area contributed by atoms with Gasteiger partial charge in [-0.05, 0) is 55.0 Å². The van der Waals surface area contributed by atoms with Gasteiger partial charge in [-0.3, -0.25) is 9.52 Å². The van der Waals surface area contributed by atoms with Crippen molar-refractivity contribution in [3.63, 3.8) is 0 Å². The van der Waals surface area contributed by atoms with Gasteiger partial charge in [0.25, 0.3) is 15.9 Å². The van der Waals surface area contributed by atoms with Gasteiger partial charge in [-0.25, -0.2) is 8.42 Å². The van der Waals surface area contributed by atoms with Gasteiger partial charge >= 0.3 is 0 Å². The maximum atomic E-state index is 12.3. The standard InChI is InChI=1S/C17H19BrN2O4S/c1-2-14(11-21)19-17(22)12-3-7-15(8-4-12)20-25(23,24)16-9-5-13(18)6-10-16/h3-10,14,20-21H,2,11H2,1H3,(H,19,22). The maximum Gasteiger partial charge on any atom is 0.261 e. The van der Waals surface area contributed by atoms with Crippen molar-refractivity contribution in [2.24, 2.45) is 0 Å². The Labute approximate surface area is 155 Å². The molecule has 0 aromatic heterocycles. The van der Waals surface area contributed by atoms with Crippen LogP contribution in [0, 0.1) is 0 Å². The first-order valence-electron chi connectivity index (χ1n) is 7.66. The second-order valence-electron chi connectivity index (χ2n) is 5.40. The smallest absolute Gasteiger partial charge is 0.261 e. The van der Waals surface area contributed by atoms with E-state index in [1.165, 1.54) is 36.4 Å². The van der Waals surface area contributed by atoms with Gasteiger partial charge in [0.05, 0.1) is 17.5 Å². The van der Waals surface area contributed by atoms with Gasteiger partial charge in [0.2, 0.25) is 0 Å². The molecule has 3 N–H and O–H groups in total. The van der Waals surface area contributed by atoms with Crippen LogP contribution >= 0.6 is 15.9 Å². The molecular weight excluding hydrogens is 408 g/mol. The van der Waals surface area contributed by atoms with Crippen LogP contribution in [0.3, 0.4) is 0 Å². The number of rotatable bonds is 7. The lowest BCUT2D eigenvalue weighted by molar-refractivity contribution is 0.0915. The zero-order chi connectivity index (χ0) is 18.4. The number of hydrogen-bond donors (Lipinski definition) is 3. The number of carbonyl (C=O) groups is 1. The highest BCUT2D eigenvalue weighted by molar-refractivity contribution is 9.10. The molecule has 0 aliphatic carbocycles. The SMILES string of the molecule is CCC(CO)NC(=O)c1ccc(NS(=O)(=O)c2ccc(Br)cc2)cc1. The Kier molecular flexibility index (Phi) is 6.57. The van der Waals surface area contributed by atoms with Crippen LogP contribution in [-0.4, -0.2) is 32.1 Å². The molecular formula is C17H19BrN2O4S. The molecule has 6 nitrogen and oxygen atoms in total.